The van der Waals surface area contributed by atoms with Gasteiger partial charge in [-0.15, -0.1) is 11.3 Å². The highest BCUT2D eigenvalue weighted by atomic mass is 32.1. The zero-order chi connectivity index (χ0) is 35.6. The van der Waals surface area contributed by atoms with E-state index in [0.29, 0.717) is 0 Å². The molecule has 54 heavy (non-hydrogen) atoms. The topological polar surface area (TPSA) is 3.24 Å². The molecule has 0 bridgehead atoms. The summed E-state index contributed by atoms with van der Waals surface area (Å²) in [5, 5.41) is 12.8. The normalized spacial score (nSPS) is 11.7. The molecule has 0 spiro atoms. The third-order valence-electron chi connectivity index (χ3n) is 11.0. The molecule has 0 saturated carbocycles. The summed E-state index contributed by atoms with van der Waals surface area (Å²) in [4.78, 5) is 2.44. The smallest absolute Gasteiger partial charge is 0.0554 e. The predicted molar refractivity (Wildman–Crippen MR) is 235 cm³/mol. The van der Waals surface area contributed by atoms with Gasteiger partial charge in [0.2, 0.25) is 0 Å². The lowest BCUT2D eigenvalue weighted by molar-refractivity contribution is 1.30. The van der Waals surface area contributed by atoms with E-state index in [1.54, 1.807) is 0 Å². The zero-order valence-corrected chi connectivity index (χ0v) is 30.2. The first-order valence-electron chi connectivity index (χ1n) is 18.5. The molecule has 11 aromatic rings. The van der Waals surface area contributed by atoms with E-state index in [2.05, 4.69) is 205 Å². The Morgan fingerprint density at radius 1 is 0.333 bits per heavy atom. The molecule has 0 radical (unpaired) electrons. The van der Waals surface area contributed by atoms with Crippen molar-refractivity contribution < 1.29 is 0 Å². The average Bonchev–Trinajstić information content (AvgIpc) is 3.64. The van der Waals surface area contributed by atoms with Crippen molar-refractivity contribution in [2.45, 2.75) is 0 Å². The molecular weight excluding hydrogens is 671 g/mol. The van der Waals surface area contributed by atoms with Gasteiger partial charge >= 0.3 is 0 Å². The van der Waals surface area contributed by atoms with E-state index in [0.717, 1.165) is 11.4 Å². The van der Waals surface area contributed by atoms with Crippen molar-refractivity contribution >= 4 is 91.7 Å². The average molecular weight is 704 g/mol. The Hall–Kier alpha value is -6.74. The van der Waals surface area contributed by atoms with E-state index in [9.17, 15) is 0 Å². The van der Waals surface area contributed by atoms with Crippen molar-refractivity contribution in [3.63, 3.8) is 0 Å². The molecular formula is C52H33NS. The molecule has 252 valence electrons. The van der Waals surface area contributed by atoms with Crippen LogP contribution in [0.3, 0.4) is 0 Å². The van der Waals surface area contributed by atoms with E-state index >= 15 is 0 Å². The SMILES string of the molecule is c1ccc2c(-c3ccc(N(c4ccc(-c5cc6ccccc6c6ccccc56)cc4)c4cccc5sc6c7ccccc7ccc6c45)cc3)cccc2c1. The summed E-state index contributed by atoms with van der Waals surface area (Å²) in [7, 11) is 0. The summed E-state index contributed by atoms with van der Waals surface area (Å²) in [6.45, 7) is 0. The van der Waals surface area contributed by atoms with E-state index < -0.39 is 0 Å². The van der Waals surface area contributed by atoms with Crippen LogP contribution in [0.4, 0.5) is 17.1 Å². The number of benzene rings is 10. The summed E-state index contributed by atoms with van der Waals surface area (Å²) in [6.07, 6.45) is 0. The Morgan fingerprint density at radius 2 is 0.889 bits per heavy atom. The van der Waals surface area contributed by atoms with E-state index in [-0.39, 0.29) is 0 Å². The van der Waals surface area contributed by atoms with E-state index in [1.165, 1.54) is 91.2 Å². The zero-order valence-electron chi connectivity index (χ0n) is 29.4. The molecule has 0 aliphatic rings. The highest BCUT2D eigenvalue weighted by Gasteiger charge is 2.20. The number of nitrogens with zero attached hydrogens (tertiary/aromatic N) is 1. The molecule has 2 heteroatoms. The van der Waals surface area contributed by atoms with E-state index in [1.807, 2.05) is 11.3 Å². The van der Waals surface area contributed by atoms with Gasteiger partial charge in [-0.2, -0.15) is 0 Å². The fraction of sp³-hybridized carbons (Fsp3) is 0. The molecule has 0 aliphatic heterocycles. The number of anilines is 3. The van der Waals surface area contributed by atoms with Crippen LogP contribution in [-0.2, 0) is 0 Å². The third-order valence-corrected chi connectivity index (χ3v) is 12.2. The molecule has 0 atom stereocenters. The second-order valence-electron chi connectivity index (χ2n) is 14.1. The van der Waals surface area contributed by atoms with Crippen molar-refractivity contribution in [3.05, 3.63) is 200 Å². The molecule has 0 saturated heterocycles. The Morgan fingerprint density at radius 3 is 1.63 bits per heavy atom. The number of rotatable bonds is 5. The lowest BCUT2D eigenvalue weighted by atomic mass is 9.93. The van der Waals surface area contributed by atoms with Gasteiger partial charge in [0, 0.05) is 31.5 Å². The monoisotopic (exact) mass is 703 g/mol. The van der Waals surface area contributed by atoms with Crippen molar-refractivity contribution in [1.29, 1.82) is 0 Å². The van der Waals surface area contributed by atoms with Gasteiger partial charge in [0.1, 0.15) is 0 Å². The predicted octanol–water partition coefficient (Wildman–Crippen LogP) is 15.5. The number of fused-ring (bicyclic) bond motifs is 9. The molecule has 1 nitrogen and oxygen atoms in total. The maximum Gasteiger partial charge on any atom is 0.0554 e. The quantitative estimate of drug-likeness (QED) is 0.161. The minimum Gasteiger partial charge on any atom is -0.310 e. The fourth-order valence-electron chi connectivity index (χ4n) is 8.50. The van der Waals surface area contributed by atoms with Crippen LogP contribution in [0.5, 0.6) is 0 Å². The van der Waals surface area contributed by atoms with Crippen LogP contribution < -0.4 is 4.90 Å². The Kier molecular flexibility index (Phi) is 7.11. The molecule has 1 heterocycles. The van der Waals surface area contributed by atoms with Crippen LogP contribution >= 0.6 is 11.3 Å². The number of hydrogen-bond donors (Lipinski definition) is 0. The lowest BCUT2D eigenvalue weighted by Gasteiger charge is -2.27. The third kappa shape index (κ3) is 4.92. The maximum atomic E-state index is 2.44. The first-order valence-corrected chi connectivity index (χ1v) is 19.3. The number of thiophene rings is 1. The Labute approximate surface area is 317 Å². The highest BCUT2D eigenvalue weighted by molar-refractivity contribution is 7.26. The van der Waals surface area contributed by atoms with Gasteiger partial charge in [0.05, 0.1) is 5.69 Å². The first-order chi connectivity index (χ1) is 26.8. The van der Waals surface area contributed by atoms with E-state index in [4.69, 9.17) is 0 Å². The van der Waals surface area contributed by atoms with Crippen LogP contribution in [0.2, 0.25) is 0 Å². The summed E-state index contributed by atoms with van der Waals surface area (Å²) in [5.41, 5.74) is 8.33. The second-order valence-corrected chi connectivity index (χ2v) is 15.1. The number of hydrogen-bond acceptors (Lipinski definition) is 2. The molecule has 0 fully saturated rings. The molecule has 1 aromatic heterocycles. The minimum atomic E-state index is 1.12. The van der Waals surface area contributed by atoms with Crippen LogP contribution in [0.25, 0.3) is 85.5 Å². The maximum absolute atomic E-state index is 2.44. The molecule has 11 rings (SSSR count). The standard InChI is InChI=1S/C52H33NS/c1-4-15-41-34(11-1)14-9-20-42(41)36-23-28-39(29-24-36)53(49-21-10-22-50-51(49)47-32-27-35-12-2-6-17-44(35)52(47)54-50)40-30-25-37(26-31-40)48-33-38-13-3-5-16-43(38)45-18-7-8-19-46(45)48/h1-33H. The van der Waals surface area contributed by atoms with Crippen molar-refractivity contribution in [2.75, 3.05) is 4.90 Å². The van der Waals surface area contributed by atoms with Crippen LogP contribution in [0.15, 0.2) is 200 Å². The second kappa shape index (κ2) is 12.4. The van der Waals surface area contributed by atoms with Crippen LogP contribution in [0.1, 0.15) is 0 Å². The summed E-state index contributed by atoms with van der Waals surface area (Å²) in [5.74, 6) is 0. The van der Waals surface area contributed by atoms with Gasteiger partial charge in [-0.1, -0.05) is 158 Å². The molecule has 0 amide bonds. The summed E-state index contributed by atoms with van der Waals surface area (Å²) >= 11 is 1.89. The summed E-state index contributed by atoms with van der Waals surface area (Å²) in [6, 6.07) is 73.4. The largest absolute Gasteiger partial charge is 0.310 e. The van der Waals surface area contributed by atoms with Crippen LogP contribution in [0, 0.1) is 0 Å². The van der Waals surface area contributed by atoms with Gasteiger partial charge in [-0.25, -0.2) is 0 Å². The van der Waals surface area contributed by atoms with Gasteiger partial charge < -0.3 is 4.90 Å². The molecule has 0 N–H and O–H groups in total. The van der Waals surface area contributed by atoms with Gasteiger partial charge in [0.25, 0.3) is 0 Å². The van der Waals surface area contributed by atoms with Gasteiger partial charge in [0.15, 0.2) is 0 Å². The van der Waals surface area contributed by atoms with Crippen molar-refractivity contribution in [3.8, 4) is 22.3 Å². The lowest BCUT2D eigenvalue weighted by Crippen LogP contribution is -2.10. The first kappa shape index (κ1) is 30.8. The summed E-state index contributed by atoms with van der Waals surface area (Å²) < 4.78 is 2.62. The fourth-order valence-corrected chi connectivity index (χ4v) is 9.76. The minimum absolute atomic E-state index is 1.12. The Balaban J connectivity index is 1.10. The van der Waals surface area contributed by atoms with Crippen molar-refractivity contribution in [1.82, 2.24) is 0 Å². The van der Waals surface area contributed by atoms with Crippen molar-refractivity contribution in [2.24, 2.45) is 0 Å². The molecule has 10 aromatic carbocycles. The Bertz CT molecular complexity index is 3200. The van der Waals surface area contributed by atoms with Gasteiger partial charge in [-0.3, -0.25) is 0 Å². The molecule has 0 unspecified atom stereocenters. The molecule has 0 aliphatic carbocycles. The van der Waals surface area contributed by atoms with Gasteiger partial charge in [-0.05, 0) is 108 Å². The van der Waals surface area contributed by atoms with Crippen LogP contribution in [-0.4, -0.2) is 0 Å². The highest BCUT2D eigenvalue weighted by Crippen LogP contribution is 2.47.